The van der Waals surface area contributed by atoms with Gasteiger partial charge in [0.1, 0.15) is 17.1 Å². The summed E-state index contributed by atoms with van der Waals surface area (Å²) in [5.74, 6) is -0.670. The van der Waals surface area contributed by atoms with Gasteiger partial charge in [-0.1, -0.05) is 6.07 Å². The predicted octanol–water partition coefficient (Wildman–Crippen LogP) is 3.90. The number of hydrogen-bond acceptors (Lipinski definition) is 8. The molecule has 0 radical (unpaired) electrons. The van der Waals surface area contributed by atoms with Gasteiger partial charge in [0.05, 0.1) is 6.10 Å². The highest BCUT2D eigenvalue weighted by atomic mass is 19.4. The van der Waals surface area contributed by atoms with Crippen molar-refractivity contribution in [2.45, 2.75) is 25.4 Å². The first-order chi connectivity index (χ1) is 14.9. The van der Waals surface area contributed by atoms with Crippen LogP contribution in [0.4, 0.5) is 43.9 Å². The summed E-state index contributed by atoms with van der Waals surface area (Å²) >= 11 is 0. The molecular formula is C18H15F6N7O. The zero-order chi connectivity index (χ0) is 23.5. The molecule has 0 aromatic carbocycles. The van der Waals surface area contributed by atoms with E-state index >= 15 is 0 Å². The van der Waals surface area contributed by atoms with Gasteiger partial charge in [0.25, 0.3) is 0 Å². The fourth-order valence-electron chi connectivity index (χ4n) is 2.37. The third kappa shape index (κ3) is 6.00. The lowest BCUT2D eigenvalue weighted by atomic mass is 10.3. The molecular weight excluding hydrogens is 444 g/mol. The number of hydrogen-bond donors (Lipinski definition) is 3. The van der Waals surface area contributed by atoms with Gasteiger partial charge in [-0.2, -0.15) is 41.3 Å². The molecule has 3 heterocycles. The summed E-state index contributed by atoms with van der Waals surface area (Å²) in [5.41, 5.74) is -2.64. The van der Waals surface area contributed by atoms with E-state index in [1.54, 1.807) is 0 Å². The molecule has 3 rings (SSSR count). The average Bonchev–Trinajstić information content (AvgIpc) is 2.71. The number of alkyl halides is 6. The molecule has 0 fully saturated rings. The van der Waals surface area contributed by atoms with Crippen LogP contribution < -0.4 is 10.6 Å². The third-order valence-corrected chi connectivity index (χ3v) is 3.77. The topological polar surface area (TPSA) is 109 Å². The Balaban J connectivity index is 2.01. The van der Waals surface area contributed by atoms with E-state index in [1.165, 1.54) is 19.1 Å². The Hall–Kier alpha value is -3.55. The number of halogens is 6. The van der Waals surface area contributed by atoms with Crippen molar-refractivity contribution in [2.24, 2.45) is 0 Å². The Morgan fingerprint density at radius 3 is 2.25 bits per heavy atom. The van der Waals surface area contributed by atoms with Crippen molar-refractivity contribution >= 4 is 17.6 Å². The van der Waals surface area contributed by atoms with E-state index in [2.05, 4.69) is 35.6 Å². The van der Waals surface area contributed by atoms with Gasteiger partial charge in [-0.05, 0) is 31.2 Å². The van der Waals surface area contributed by atoms with Crippen molar-refractivity contribution in [1.82, 2.24) is 24.9 Å². The van der Waals surface area contributed by atoms with Crippen molar-refractivity contribution in [3.05, 3.63) is 47.9 Å². The molecule has 0 amide bonds. The summed E-state index contributed by atoms with van der Waals surface area (Å²) in [5, 5.41) is 14.6. The van der Waals surface area contributed by atoms with Crippen molar-refractivity contribution in [3.8, 4) is 11.5 Å². The predicted molar refractivity (Wildman–Crippen MR) is 101 cm³/mol. The lowest BCUT2D eigenvalue weighted by Gasteiger charge is -2.12. The molecule has 32 heavy (non-hydrogen) atoms. The van der Waals surface area contributed by atoms with Gasteiger partial charge in [-0.15, -0.1) is 0 Å². The molecule has 0 aliphatic rings. The van der Waals surface area contributed by atoms with Crippen molar-refractivity contribution in [3.63, 3.8) is 0 Å². The Kier molecular flexibility index (Phi) is 6.43. The van der Waals surface area contributed by atoms with Gasteiger partial charge < -0.3 is 15.7 Å². The molecule has 170 valence electrons. The summed E-state index contributed by atoms with van der Waals surface area (Å²) in [7, 11) is 0. The fourth-order valence-corrected chi connectivity index (χ4v) is 2.37. The van der Waals surface area contributed by atoms with E-state index in [0.717, 1.165) is 24.4 Å². The fraction of sp³-hybridized carbons (Fsp3) is 0.278. The molecule has 8 nitrogen and oxygen atoms in total. The molecule has 3 N–H and O–H groups in total. The molecule has 1 unspecified atom stereocenters. The summed E-state index contributed by atoms with van der Waals surface area (Å²) in [4.78, 5) is 18.7. The van der Waals surface area contributed by atoms with Crippen LogP contribution in [0.5, 0.6) is 0 Å². The number of aromatic nitrogens is 5. The minimum absolute atomic E-state index is 0.00755. The Labute approximate surface area is 176 Å². The number of pyridine rings is 2. The maximum Gasteiger partial charge on any atom is 0.433 e. The zero-order valence-electron chi connectivity index (χ0n) is 16.2. The number of nitrogens with zero attached hydrogens (tertiary/aromatic N) is 5. The normalized spacial score (nSPS) is 13.0. The van der Waals surface area contributed by atoms with Crippen LogP contribution in [0.25, 0.3) is 11.5 Å². The number of aliphatic hydroxyl groups is 1. The molecule has 14 heteroatoms. The van der Waals surface area contributed by atoms with Crippen molar-refractivity contribution in [1.29, 1.82) is 0 Å². The van der Waals surface area contributed by atoms with Crippen LogP contribution >= 0.6 is 0 Å². The second-order valence-corrected chi connectivity index (χ2v) is 6.49. The van der Waals surface area contributed by atoms with Crippen LogP contribution in [-0.2, 0) is 12.4 Å². The minimum atomic E-state index is -4.71. The molecule has 0 aliphatic carbocycles. The van der Waals surface area contributed by atoms with E-state index in [1.807, 2.05) is 0 Å². The highest BCUT2D eigenvalue weighted by Crippen LogP contribution is 2.30. The van der Waals surface area contributed by atoms with Gasteiger partial charge in [0, 0.05) is 18.4 Å². The van der Waals surface area contributed by atoms with E-state index in [-0.39, 0.29) is 35.6 Å². The Bertz CT molecular complexity index is 1090. The van der Waals surface area contributed by atoms with Crippen molar-refractivity contribution < 1.29 is 31.4 Å². The molecule has 0 aliphatic heterocycles. The largest absolute Gasteiger partial charge is 0.433 e. The second kappa shape index (κ2) is 8.90. The number of anilines is 3. The summed E-state index contributed by atoms with van der Waals surface area (Å²) in [6.45, 7) is 1.46. The maximum absolute atomic E-state index is 13.0. The number of aliphatic hydroxyl groups excluding tert-OH is 1. The van der Waals surface area contributed by atoms with Crippen LogP contribution in [0.3, 0.4) is 0 Å². The van der Waals surface area contributed by atoms with Gasteiger partial charge in [-0.25, -0.2) is 4.98 Å². The molecule has 0 saturated heterocycles. The average molecular weight is 459 g/mol. The van der Waals surface area contributed by atoms with Crippen molar-refractivity contribution in [2.75, 3.05) is 17.2 Å². The first-order valence-corrected chi connectivity index (χ1v) is 8.95. The summed E-state index contributed by atoms with van der Waals surface area (Å²) in [6.07, 6.45) is -9.28. The SMILES string of the molecule is CC(O)CNc1nc(Nc2ccnc(C(F)(F)F)c2)nc(-c2cccc(C(F)(F)F)n2)n1. The zero-order valence-corrected chi connectivity index (χ0v) is 16.2. The van der Waals surface area contributed by atoms with E-state index < -0.39 is 29.8 Å². The molecule has 3 aromatic rings. The minimum Gasteiger partial charge on any atom is -0.392 e. The number of rotatable bonds is 6. The maximum atomic E-state index is 13.0. The summed E-state index contributed by atoms with van der Waals surface area (Å²) < 4.78 is 77.7. The quantitative estimate of drug-likeness (QED) is 0.477. The highest BCUT2D eigenvalue weighted by Gasteiger charge is 2.33. The molecule has 0 saturated carbocycles. The molecule has 0 bridgehead atoms. The lowest BCUT2D eigenvalue weighted by Crippen LogP contribution is -2.18. The van der Waals surface area contributed by atoms with Crippen LogP contribution in [0.1, 0.15) is 18.3 Å². The highest BCUT2D eigenvalue weighted by molar-refractivity contribution is 5.59. The number of nitrogens with one attached hydrogen (secondary N) is 2. The first kappa shape index (κ1) is 23.1. The standard InChI is InChI=1S/C18H15F6N7O/c1-9(32)8-26-15-29-14(11-3-2-4-12(28-11)17(19,20)21)30-16(31-15)27-10-5-6-25-13(7-10)18(22,23)24/h2-7,9,32H,8H2,1H3,(H2,25,26,27,29,30,31). The summed E-state index contributed by atoms with van der Waals surface area (Å²) in [6, 6.07) is 5.06. The van der Waals surface area contributed by atoms with Crippen LogP contribution in [-0.4, -0.2) is 42.7 Å². The lowest BCUT2D eigenvalue weighted by molar-refractivity contribution is -0.141. The van der Waals surface area contributed by atoms with E-state index in [0.29, 0.717) is 0 Å². The Morgan fingerprint density at radius 1 is 0.906 bits per heavy atom. The van der Waals surface area contributed by atoms with E-state index in [9.17, 15) is 31.4 Å². The third-order valence-electron chi connectivity index (χ3n) is 3.77. The smallest absolute Gasteiger partial charge is 0.392 e. The van der Waals surface area contributed by atoms with E-state index in [4.69, 9.17) is 0 Å². The first-order valence-electron chi connectivity index (χ1n) is 8.95. The molecule has 0 spiro atoms. The van der Waals surface area contributed by atoms with Gasteiger partial charge in [0.15, 0.2) is 5.82 Å². The Morgan fingerprint density at radius 2 is 1.59 bits per heavy atom. The van der Waals surface area contributed by atoms with Gasteiger partial charge in [0.2, 0.25) is 11.9 Å². The van der Waals surface area contributed by atoms with Crippen LogP contribution in [0.15, 0.2) is 36.5 Å². The monoisotopic (exact) mass is 459 g/mol. The molecule has 3 aromatic heterocycles. The molecule has 1 atom stereocenters. The second-order valence-electron chi connectivity index (χ2n) is 6.49. The van der Waals surface area contributed by atoms with Crippen LogP contribution in [0, 0.1) is 0 Å². The van der Waals surface area contributed by atoms with Crippen LogP contribution in [0.2, 0.25) is 0 Å². The van der Waals surface area contributed by atoms with Gasteiger partial charge in [-0.3, -0.25) is 4.98 Å². The van der Waals surface area contributed by atoms with Gasteiger partial charge >= 0.3 is 12.4 Å².